The van der Waals surface area contributed by atoms with Crippen molar-refractivity contribution in [2.75, 3.05) is 56.6 Å². The van der Waals surface area contributed by atoms with Gasteiger partial charge in [-0.15, -0.1) is 0 Å². The standard InChI is InChI=1S/C28H33F4N7O3S/c1-17-4-3-6-39(17)15-21-25(18-12-19(28(30,31)32)26(42-2)20(29)13-18)36-27(43-21)35-22-14-23(34-16-33-22)38-10-8-37(9-11-38)7-5-24(40)41/h12-14,16-17H,3-11,15H2,1-2H3,(H,40,41)(H,33,34,35,36). The van der Waals surface area contributed by atoms with Crippen LogP contribution >= 0.6 is 11.3 Å². The third-order valence-corrected chi connectivity index (χ3v) is 8.74. The third-order valence-electron chi connectivity index (χ3n) is 7.79. The van der Waals surface area contributed by atoms with Crippen LogP contribution in [0, 0.1) is 5.82 Å². The number of nitrogens with zero attached hydrogens (tertiary/aromatic N) is 6. The molecule has 15 heteroatoms. The van der Waals surface area contributed by atoms with Gasteiger partial charge in [0, 0.05) is 61.8 Å². The van der Waals surface area contributed by atoms with Crippen molar-refractivity contribution in [3.63, 3.8) is 0 Å². The van der Waals surface area contributed by atoms with E-state index in [1.807, 2.05) is 0 Å². The number of methoxy groups -OCH3 is 1. The molecule has 43 heavy (non-hydrogen) atoms. The van der Waals surface area contributed by atoms with Gasteiger partial charge in [-0.1, -0.05) is 11.3 Å². The van der Waals surface area contributed by atoms with E-state index in [2.05, 4.69) is 41.9 Å². The number of carbonyl (C=O) groups is 1. The Hall–Kier alpha value is -3.56. The van der Waals surface area contributed by atoms with Crippen LogP contribution in [-0.2, 0) is 17.5 Å². The van der Waals surface area contributed by atoms with Gasteiger partial charge in [-0.05, 0) is 38.4 Å². The lowest BCUT2D eigenvalue weighted by Crippen LogP contribution is -2.47. The minimum atomic E-state index is -4.82. The van der Waals surface area contributed by atoms with Crippen molar-refractivity contribution in [3.05, 3.63) is 40.8 Å². The van der Waals surface area contributed by atoms with Crippen molar-refractivity contribution in [1.82, 2.24) is 24.8 Å². The smallest absolute Gasteiger partial charge is 0.420 e. The van der Waals surface area contributed by atoms with E-state index in [9.17, 15) is 22.4 Å². The lowest BCUT2D eigenvalue weighted by atomic mass is 10.0. The molecule has 232 valence electrons. The van der Waals surface area contributed by atoms with Gasteiger partial charge >= 0.3 is 12.1 Å². The van der Waals surface area contributed by atoms with E-state index in [0.29, 0.717) is 67.0 Å². The summed E-state index contributed by atoms with van der Waals surface area (Å²) in [4.78, 5) is 31.3. The zero-order chi connectivity index (χ0) is 30.7. The number of ether oxygens (including phenoxy) is 1. The normalized spacial score (nSPS) is 18.3. The number of halogens is 4. The predicted octanol–water partition coefficient (Wildman–Crippen LogP) is 5.09. The Morgan fingerprint density at radius 2 is 1.93 bits per heavy atom. The lowest BCUT2D eigenvalue weighted by molar-refractivity contribution is -0.139. The number of thiazole rings is 1. The highest BCUT2D eigenvalue weighted by Gasteiger charge is 2.37. The van der Waals surface area contributed by atoms with Crippen LogP contribution in [0.4, 0.5) is 34.3 Å². The number of piperazine rings is 1. The molecule has 2 fully saturated rings. The molecule has 2 aliphatic rings. The highest BCUT2D eigenvalue weighted by atomic mass is 32.1. The Morgan fingerprint density at radius 3 is 2.58 bits per heavy atom. The molecular formula is C28H33F4N7O3S. The van der Waals surface area contributed by atoms with Crippen LogP contribution in [0.25, 0.3) is 11.3 Å². The Bertz CT molecular complexity index is 1450. The maximum absolute atomic E-state index is 14.9. The van der Waals surface area contributed by atoms with Gasteiger partial charge in [0.2, 0.25) is 0 Å². The third kappa shape index (κ3) is 7.33. The number of anilines is 3. The largest absolute Gasteiger partial charge is 0.493 e. The number of likely N-dealkylation sites (tertiary alicyclic amines) is 1. The Labute approximate surface area is 250 Å². The number of aromatic nitrogens is 3. The number of hydrogen-bond acceptors (Lipinski definition) is 10. The predicted molar refractivity (Wildman–Crippen MR) is 154 cm³/mol. The monoisotopic (exact) mass is 623 g/mol. The number of carboxylic acid groups (broad SMARTS) is 1. The summed E-state index contributed by atoms with van der Waals surface area (Å²) in [6.45, 7) is 6.65. The molecule has 0 radical (unpaired) electrons. The van der Waals surface area contributed by atoms with Crippen molar-refractivity contribution in [2.45, 2.75) is 44.9 Å². The van der Waals surface area contributed by atoms with E-state index < -0.39 is 29.3 Å². The van der Waals surface area contributed by atoms with Crippen molar-refractivity contribution < 1.29 is 32.2 Å². The zero-order valence-electron chi connectivity index (χ0n) is 23.8. The summed E-state index contributed by atoms with van der Waals surface area (Å²) in [5, 5.41) is 12.5. The number of carboxylic acids is 1. The maximum atomic E-state index is 14.9. The van der Waals surface area contributed by atoms with Crippen LogP contribution in [0.2, 0.25) is 0 Å². The molecule has 3 aromatic rings. The molecule has 0 spiro atoms. The molecule has 4 heterocycles. The fraction of sp³-hybridized carbons (Fsp3) is 0.500. The SMILES string of the molecule is COc1c(F)cc(-c2nc(Nc3cc(N4CCN(CCC(=O)O)CC4)ncn3)sc2CN2CCCC2C)cc1C(F)(F)F. The Kier molecular flexibility index (Phi) is 9.32. The van der Waals surface area contributed by atoms with Crippen LogP contribution < -0.4 is 15.0 Å². The number of nitrogens with one attached hydrogen (secondary N) is 1. The summed E-state index contributed by atoms with van der Waals surface area (Å²) in [6, 6.07) is 3.99. The molecule has 0 amide bonds. The average Bonchev–Trinajstić information content (AvgIpc) is 3.56. The summed E-state index contributed by atoms with van der Waals surface area (Å²) in [5.74, 6) is -1.65. The first kappa shape index (κ1) is 30.9. The molecule has 10 nitrogen and oxygen atoms in total. The second-order valence-electron chi connectivity index (χ2n) is 10.6. The molecule has 0 aliphatic carbocycles. The van der Waals surface area contributed by atoms with Gasteiger partial charge in [-0.3, -0.25) is 14.6 Å². The molecule has 1 unspecified atom stereocenters. The number of rotatable bonds is 10. The first-order chi connectivity index (χ1) is 20.5. The summed E-state index contributed by atoms with van der Waals surface area (Å²) in [6.07, 6.45) is -1.26. The molecule has 2 N–H and O–H groups in total. The van der Waals surface area contributed by atoms with Crippen molar-refractivity contribution in [1.29, 1.82) is 0 Å². The van der Waals surface area contributed by atoms with Crippen molar-refractivity contribution in [3.8, 4) is 17.0 Å². The van der Waals surface area contributed by atoms with E-state index in [0.717, 1.165) is 38.6 Å². The molecule has 2 aromatic heterocycles. The fourth-order valence-corrected chi connectivity index (χ4v) is 6.47. The molecule has 1 atom stereocenters. The Morgan fingerprint density at radius 1 is 1.16 bits per heavy atom. The second kappa shape index (κ2) is 13.0. The Balaban J connectivity index is 1.40. The molecule has 2 saturated heterocycles. The minimum Gasteiger partial charge on any atom is -0.493 e. The van der Waals surface area contributed by atoms with E-state index in [-0.39, 0.29) is 17.7 Å². The topological polar surface area (TPSA) is 107 Å². The van der Waals surface area contributed by atoms with Crippen LogP contribution in [0.15, 0.2) is 24.5 Å². The number of benzene rings is 1. The van der Waals surface area contributed by atoms with Gasteiger partial charge in [0.1, 0.15) is 23.5 Å². The molecule has 2 aliphatic heterocycles. The molecular weight excluding hydrogens is 590 g/mol. The van der Waals surface area contributed by atoms with Gasteiger partial charge in [-0.2, -0.15) is 13.2 Å². The van der Waals surface area contributed by atoms with Gasteiger partial charge < -0.3 is 20.1 Å². The quantitative estimate of drug-likeness (QED) is 0.297. The van der Waals surface area contributed by atoms with Crippen LogP contribution in [0.5, 0.6) is 5.75 Å². The van der Waals surface area contributed by atoms with E-state index in [1.165, 1.54) is 17.7 Å². The van der Waals surface area contributed by atoms with Gasteiger partial charge in [-0.25, -0.2) is 19.3 Å². The highest BCUT2D eigenvalue weighted by molar-refractivity contribution is 7.16. The number of hydrogen-bond donors (Lipinski definition) is 2. The average molecular weight is 624 g/mol. The minimum absolute atomic E-state index is 0.0147. The summed E-state index contributed by atoms with van der Waals surface area (Å²) < 4.78 is 61.1. The summed E-state index contributed by atoms with van der Waals surface area (Å²) >= 11 is 1.29. The van der Waals surface area contributed by atoms with E-state index in [4.69, 9.17) is 9.84 Å². The number of aliphatic carboxylic acids is 1. The first-order valence-corrected chi connectivity index (χ1v) is 14.8. The van der Waals surface area contributed by atoms with Gasteiger partial charge in [0.15, 0.2) is 16.7 Å². The maximum Gasteiger partial charge on any atom is 0.420 e. The molecule has 0 saturated carbocycles. The van der Waals surface area contributed by atoms with Crippen molar-refractivity contribution >= 4 is 34.1 Å². The van der Waals surface area contributed by atoms with Gasteiger partial charge in [0.05, 0.1) is 19.2 Å². The van der Waals surface area contributed by atoms with Crippen LogP contribution in [0.1, 0.15) is 36.6 Å². The van der Waals surface area contributed by atoms with Crippen LogP contribution in [0.3, 0.4) is 0 Å². The van der Waals surface area contributed by atoms with E-state index >= 15 is 0 Å². The zero-order valence-corrected chi connectivity index (χ0v) is 24.6. The lowest BCUT2D eigenvalue weighted by Gasteiger charge is -2.35. The summed E-state index contributed by atoms with van der Waals surface area (Å²) in [7, 11) is 1.01. The van der Waals surface area contributed by atoms with E-state index in [1.54, 1.807) is 6.07 Å². The molecule has 5 rings (SSSR count). The van der Waals surface area contributed by atoms with Crippen molar-refractivity contribution in [2.24, 2.45) is 0 Å². The van der Waals surface area contributed by atoms with Gasteiger partial charge in [0.25, 0.3) is 0 Å². The number of alkyl halides is 3. The fourth-order valence-electron chi connectivity index (χ4n) is 5.45. The second-order valence-corrected chi connectivity index (χ2v) is 11.7. The molecule has 1 aromatic carbocycles. The highest BCUT2D eigenvalue weighted by Crippen LogP contribution is 2.42. The first-order valence-electron chi connectivity index (χ1n) is 14.0. The molecule has 0 bridgehead atoms. The summed E-state index contributed by atoms with van der Waals surface area (Å²) in [5.41, 5.74) is -0.914. The van der Waals surface area contributed by atoms with Crippen LogP contribution in [-0.4, -0.2) is 88.2 Å².